The zero-order valence-corrected chi connectivity index (χ0v) is 11.3. The van der Waals surface area contributed by atoms with Crippen molar-refractivity contribution in [2.24, 2.45) is 5.73 Å². The highest BCUT2D eigenvalue weighted by Gasteiger charge is 2.12. The summed E-state index contributed by atoms with van der Waals surface area (Å²) >= 11 is 1.47. The maximum absolute atomic E-state index is 13.2. The highest BCUT2D eigenvalue weighted by molar-refractivity contribution is 7.23. The number of aromatic nitrogens is 3. The smallest absolute Gasteiger partial charge is 0.217 e. The third kappa shape index (κ3) is 2.33. The van der Waals surface area contributed by atoms with Crippen LogP contribution in [0.3, 0.4) is 0 Å². The van der Waals surface area contributed by atoms with Gasteiger partial charge in [0.05, 0.1) is 10.2 Å². The summed E-state index contributed by atoms with van der Waals surface area (Å²) in [4.78, 5) is 0.828. The number of hydrogen-bond donors (Lipinski definition) is 1. The molecule has 0 aliphatic carbocycles. The standard InChI is InChI=1S/C13H15FN4S/c14-9-5-6-10-11(8-9)19-13-17-16-12(18(10)13)4-2-1-3-7-15/h5-6,8H,1-4,7,15H2. The number of halogens is 1. The summed E-state index contributed by atoms with van der Waals surface area (Å²) < 4.78 is 16.1. The number of unbranched alkanes of at least 4 members (excludes halogenated alkanes) is 2. The molecule has 0 aliphatic heterocycles. The Morgan fingerprint density at radius 2 is 2.11 bits per heavy atom. The highest BCUT2D eigenvalue weighted by Crippen LogP contribution is 2.27. The van der Waals surface area contributed by atoms with Crippen LogP contribution in [0, 0.1) is 5.82 Å². The Morgan fingerprint density at radius 3 is 2.95 bits per heavy atom. The quantitative estimate of drug-likeness (QED) is 0.730. The Kier molecular flexibility index (Phi) is 3.44. The molecule has 100 valence electrons. The molecule has 0 bridgehead atoms. The van der Waals surface area contributed by atoms with Gasteiger partial charge in [-0.15, -0.1) is 10.2 Å². The van der Waals surface area contributed by atoms with Crippen molar-refractivity contribution in [3.05, 3.63) is 29.8 Å². The van der Waals surface area contributed by atoms with Crippen LogP contribution in [-0.2, 0) is 6.42 Å². The molecule has 2 aromatic heterocycles. The average molecular weight is 278 g/mol. The van der Waals surface area contributed by atoms with E-state index in [1.54, 1.807) is 12.1 Å². The first-order valence-corrected chi connectivity index (χ1v) is 7.23. The van der Waals surface area contributed by atoms with E-state index >= 15 is 0 Å². The van der Waals surface area contributed by atoms with Crippen molar-refractivity contribution in [2.75, 3.05) is 6.54 Å². The molecule has 0 atom stereocenters. The number of nitrogens with two attached hydrogens (primary N) is 1. The predicted molar refractivity (Wildman–Crippen MR) is 74.9 cm³/mol. The first kappa shape index (κ1) is 12.5. The second-order valence-corrected chi connectivity index (χ2v) is 5.56. The van der Waals surface area contributed by atoms with Gasteiger partial charge in [0.15, 0.2) is 0 Å². The van der Waals surface area contributed by atoms with Crippen LogP contribution in [-0.4, -0.2) is 21.1 Å². The van der Waals surface area contributed by atoms with Gasteiger partial charge in [-0.3, -0.25) is 4.40 Å². The Hall–Kier alpha value is -1.53. The van der Waals surface area contributed by atoms with Crippen LogP contribution >= 0.6 is 11.3 Å². The van der Waals surface area contributed by atoms with Gasteiger partial charge >= 0.3 is 0 Å². The summed E-state index contributed by atoms with van der Waals surface area (Å²) in [6, 6.07) is 4.82. The van der Waals surface area contributed by atoms with Crippen LogP contribution in [0.1, 0.15) is 25.1 Å². The number of thiazole rings is 1. The monoisotopic (exact) mass is 278 g/mol. The summed E-state index contributed by atoms with van der Waals surface area (Å²) in [5.74, 6) is 0.735. The SMILES string of the molecule is NCCCCCc1nnc2sc3cc(F)ccc3n12. The molecule has 3 rings (SSSR count). The molecule has 0 saturated heterocycles. The molecule has 2 heterocycles. The summed E-state index contributed by atoms with van der Waals surface area (Å²) in [7, 11) is 0. The van der Waals surface area contributed by atoms with Crippen LogP contribution in [0.4, 0.5) is 4.39 Å². The van der Waals surface area contributed by atoms with Gasteiger partial charge in [-0.25, -0.2) is 4.39 Å². The number of fused-ring (bicyclic) bond motifs is 3. The van der Waals surface area contributed by atoms with Gasteiger partial charge in [0.1, 0.15) is 11.6 Å². The van der Waals surface area contributed by atoms with Crippen LogP contribution in [0.2, 0.25) is 0 Å². The van der Waals surface area contributed by atoms with Gasteiger partial charge in [-0.2, -0.15) is 0 Å². The zero-order valence-electron chi connectivity index (χ0n) is 10.5. The Labute approximate surface area is 114 Å². The van der Waals surface area contributed by atoms with Gasteiger partial charge in [0.2, 0.25) is 4.96 Å². The largest absolute Gasteiger partial charge is 0.330 e. The lowest BCUT2D eigenvalue weighted by molar-refractivity contribution is 0.629. The van der Waals surface area contributed by atoms with E-state index in [9.17, 15) is 4.39 Å². The zero-order chi connectivity index (χ0) is 13.2. The maximum atomic E-state index is 13.2. The van der Waals surface area contributed by atoms with Crippen molar-refractivity contribution < 1.29 is 4.39 Å². The van der Waals surface area contributed by atoms with Crippen molar-refractivity contribution in [3.63, 3.8) is 0 Å². The maximum Gasteiger partial charge on any atom is 0.217 e. The first-order valence-electron chi connectivity index (χ1n) is 6.42. The predicted octanol–water partition coefficient (Wildman–Crippen LogP) is 2.75. The second kappa shape index (κ2) is 5.22. The lowest BCUT2D eigenvalue weighted by Crippen LogP contribution is -1.99. The minimum Gasteiger partial charge on any atom is -0.330 e. The van der Waals surface area contributed by atoms with Crippen molar-refractivity contribution in [3.8, 4) is 0 Å². The van der Waals surface area contributed by atoms with Crippen molar-refractivity contribution in [1.29, 1.82) is 0 Å². The Bertz CT molecular complexity index is 703. The molecule has 19 heavy (non-hydrogen) atoms. The number of hydrogen-bond acceptors (Lipinski definition) is 4. The minimum absolute atomic E-state index is 0.213. The van der Waals surface area contributed by atoms with E-state index < -0.39 is 0 Å². The van der Waals surface area contributed by atoms with E-state index in [0.717, 1.165) is 53.2 Å². The van der Waals surface area contributed by atoms with E-state index in [2.05, 4.69) is 10.2 Å². The fourth-order valence-electron chi connectivity index (χ4n) is 2.23. The summed E-state index contributed by atoms with van der Waals surface area (Å²) in [5, 5.41) is 8.39. The first-order chi connectivity index (χ1) is 9.29. The van der Waals surface area contributed by atoms with Gasteiger partial charge in [0, 0.05) is 6.42 Å². The fourth-order valence-corrected chi connectivity index (χ4v) is 3.24. The number of rotatable bonds is 5. The molecule has 6 heteroatoms. The molecule has 0 saturated carbocycles. The molecule has 0 unspecified atom stereocenters. The minimum atomic E-state index is -0.213. The molecule has 0 aliphatic rings. The average Bonchev–Trinajstić information content (AvgIpc) is 2.93. The van der Waals surface area contributed by atoms with Crippen LogP contribution in [0.15, 0.2) is 18.2 Å². The lowest BCUT2D eigenvalue weighted by Gasteiger charge is -1.99. The summed E-state index contributed by atoms with van der Waals surface area (Å²) in [5.41, 5.74) is 6.47. The number of benzene rings is 1. The molecule has 0 fully saturated rings. The van der Waals surface area contributed by atoms with E-state index in [1.807, 2.05) is 4.40 Å². The van der Waals surface area contributed by atoms with Crippen LogP contribution < -0.4 is 5.73 Å². The number of nitrogens with zero attached hydrogens (tertiary/aromatic N) is 3. The molecule has 0 amide bonds. The Balaban J connectivity index is 1.94. The van der Waals surface area contributed by atoms with Crippen molar-refractivity contribution in [1.82, 2.24) is 14.6 Å². The topological polar surface area (TPSA) is 56.2 Å². The van der Waals surface area contributed by atoms with E-state index in [-0.39, 0.29) is 5.82 Å². The summed E-state index contributed by atoms with van der Waals surface area (Å²) in [6.07, 6.45) is 4.07. The van der Waals surface area contributed by atoms with Crippen LogP contribution in [0.25, 0.3) is 15.2 Å². The number of aryl methyl sites for hydroxylation is 1. The van der Waals surface area contributed by atoms with Gasteiger partial charge in [-0.1, -0.05) is 17.8 Å². The normalized spacial score (nSPS) is 11.7. The van der Waals surface area contributed by atoms with E-state index in [0.29, 0.717) is 0 Å². The lowest BCUT2D eigenvalue weighted by atomic mass is 10.2. The van der Waals surface area contributed by atoms with Gasteiger partial charge in [0.25, 0.3) is 0 Å². The second-order valence-electron chi connectivity index (χ2n) is 4.55. The molecule has 0 radical (unpaired) electrons. The molecule has 1 aromatic carbocycles. The molecule has 4 nitrogen and oxygen atoms in total. The van der Waals surface area contributed by atoms with E-state index in [1.165, 1.54) is 17.4 Å². The van der Waals surface area contributed by atoms with E-state index in [4.69, 9.17) is 5.73 Å². The van der Waals surface area contributed by atoms with Crippen molar-refractivity contribution >= 4 is 26.5 Å². The van der Waals surface area contributed by atoms with Gasteiger partial charge < -0.3 is 5.73 Å². The van der Waals surface area contributed by atoms with Gasteiger partial charge in [-0.05, 0) is 37.6 Å². The molecule has 2 N–H and O–H groups in total. The highest BCUT2D eigenvalue weighted by atomic mass is 32.1. The molecule has 3 aromatic rings. The fraction of sp³-hybridized carbons (Fsp3) is 0.385. The van der Waals surface area contributed by atoms with Crippen LogP contribution in [0.5, 0.6) is 0 Å². The van der Waals surface area contributed by atoms with Crippen molar-refractivity contribution in [2.45, 2.75) is 25.7 Å². The molecular weight excluding hydrogens is 263 g/mol. The third-order valence-electron chi connectivity index (χ3n) is 3.17. The molecule has 0 spiro atoms. The summed E-state index contributed by atoms with van der Waals surface area (Å²) in [6.45, 7) is 0.732. The molecular formula is C13H15FN4S. The third-order valence-corrected chi connectivity index (χ3v) is 4.16. The Morgan fingerprint density at radius 1 is 1.21 bits per heavy atom.